The van der Waals surface area contributed by atoms with Crippen molar-refractivity contribution in [2.75, 3.05) is 0 Å². The SMILES string of the molecule is CCC(C)n1c(CO)ccc1CCc1ccccc1. The van der Waals surface area contributed by atoms with Gasteiger partial charge in [0.2, 0.25) is 0 Å². The number of aryl methyl sites for hydroxylation is 2. The molecule has 0 radical (unpaired) electrons. The molecule has 0 saturated heterocycles. The topological polar surface area (TPSA) is 25.2 Å². The summed E-state index contributed by atoms with van der Waals surface area (Å²) in [5.41, 5.74) is 3.71. The molecule has 0 aliphatic rings. The maximum atomic E-state index is 9.44. The number of aliphatic hydroxyl groups excluding tert-OH is 1. The number of benzene rings is 1. The lowest BCUT2D eigenvalue weighted by Gasteiger charge is -2.19. The summed E-state index contributed by atoms with van der Waals surface area (Å²) in [5.74, 6) is 0. The van der Waals surface area contributed by atoms with Crippen molar-refractivity contribution in [3.63, 3.8) is 0 Å². The van der Waals surface area contributed by atoms with Gasteiger partial charge in [-0.3, -0.25) is 0 Å². The molecule has 0 aliphatic heterocycles. The van der Waals surface area contributed by atoms with Crippen molar-refractivity contribution >= 4 is 0 Å². The summed E-state index contributed by atoms with van der Waals surface area (Å²) in [5, 5.41) is 9.44. The number of aliphatic hydroxyl groups is 1. The van der Waals surface area contributed by atoms with Crippen molar-refractivity contribution in [3.05, 3.63) is 59.4 Å². The first kappa shape index (κ1) is 13.9. The van der Waals surface area contributed by atoms with Crippen LogP contribution in [-0.4, -0.2) is 9.67 Å². The molecule has 0 fully saturated rings. The molecular weight excluding hydrogens is 234 g/mol. The normalized spacial score (nSPS) is 12.6. The molecule has 2 rings (SSSR count). The maximum absolute atomic E-state index is 9.44. The Morgan fingerprint density at radius 2 is 1.68 bits per heavy atom. The molecule has 2 nitrogen and oxygen atoms in total. The molecule has 102 valence electrons. The summed E-state index contributed by atoms with van der Waals surface area (Å²) in [6.45, 7) is 4.52. The first-order valence-electron chi connectivity index (χ1n) is 7.10. The molecular formula is C17H23NO. The first-order chi connectivity index (χ1) is 9.26. The average molecular weight is 257 g/mol. The van der Waals surface area contributed by atoms with Crippen LogP contribution in [-0.2, 0) is 19.4 Å². The first-order valence-corrected chi connectivity index (χ1v) is 7.10. The highest BCUT2D eigenvalue weighted by Crippen LogP contribution is 2.20. The van der Waals surface area contributed by atoms with E-state index in [1.54, 1.807) is 0 Å². The van der Waals surface area contributed by atoms with Gasteiger partial charge in [-0.15, -0.1) is 0 Å². The minimum absolute atomic E-state index is 0.121. The van der Waals surface area contributed by atoms with Crippen molar-refractivity contribution in [1.82, 2.24) is 4.57 Å². The van der Waals surface area contributed by atoms with Gasteiger partial charge in [0.25, 0.3) is 0 Å². The van der Waals surface area contributed by atoms with Gasteiger partial charge < -0.3 is 9.67 Å². The highest BCUT2D eigenvalue weighted by atomic mass is 16.3. The van der Waals surface area contributed by atoms with Crippen LogP contribution in [0, 0.1) is 0 Å². The molecule has 1 aromatic heterocycles. The molecule has 0 amide bonds. The van der Waals surface area contributed by atoms with Gasteiger partial charge in [0, 0.05) is 17.4 Å². The van der Waals surface area contributed by atoms with Crippen LogP contribution in [0.1, 0.15) is 43.3 Å². The zero-order chi connectivity index (χ0) is 13.7. The Morgan fingerprint density at radius 3 is 2.32 bits per heavy atom. The third kappa shape index (κ3) is 3.27. The van der Waals surface area contributed by atoms with Crippen LogP contribution in [0.2, 0.25) is 0 Å². The lowest BCUT2D eigenvalue weighted by Crippen LogP contribution is -2.12. The van der Waals surface area contributed by atoms with E-state index in [0.717, 1.165) is 25.0 Å². The van der Waals surface area contributed by atoms with Crippen LogP contribution < -0.4 is 0 Å². The molecule has 2 heteroatoms. The fraction of sp³-hybridized carbons (Fsp3) is 0.412. The summed E-state index contributed by atoms with van der Waals surface area (Å²) in [7, 11) is 0. The summed E-state index contributed by atoms with van der Waals surface area (Å²) in [6, 6.07) is 15.2. The molecule has 2 aromatic rings. The van der Waals surface area contributed by atoms with Crippen molar-refractivity contribution in [1.29, 1.82) is 0 Å². The lowest BCUT2D eigenvalue weighted by molar-refractivity contribution is 0.265. The van der Waals surface area contributed by atoms with E-state index in [0.29, 0.717) is 6.04 Å². The Labute approximate surface area is 115 Å². The van der Waals surface area contributed by atoms with Gasteiger partial charge in [-0.05, 0) is 43.9 Å². The van der Waals surface area contributed by atoms with Crippen LogP contribution >= 0.6 is 0 Å². The van der Waals surface area contributed by atoms with E-state index < -0.39 is 0 Å². The predicted molar refractivity (Wildman–Crippen MR) is 79.2 cm³/mol. The van der Waals surface area contributed by atoms with E-state index in [1.807, 2.05) is 6.07 Å². The average Bonchev–Trinajstić information content (AvgIpc) is 2.88. The molecule has 19 heavy (non-hydrogen) atoms. The summed E-state index contributed by atoms with van der Waals surface area (Å²) >= 11 is 0. The van der Waals surface area contributed by atoms with Crippen molar-refractivity contribution in [2.24, 2.45) is 0 Å². The molecule has 1 N–H and O–H groups in total. The number of hydrogen-bond acceptors (Lipinski definition) is 1. The van der Waals surface area contributed by atoms with Crippen LogP contribution in [0.25, 0.3) is 0 Å². The number of rotatable bonds is 6. The standard InChI is InChI=1S/C17H23NO/c1-3-14(2)18-16(11-12-17(18)13-19)10-9-15-7-5-4-6-8-15/h4-8,11-12,14,19H,3,9-10,13H2,1-2H3. The van der Waals surface area contributed by atoms with Crippen LogP contribution in [0.3, 0.4) is 0 Å². The van der Waals surface area contributed by atoms with E-state index in [2.05, 4.69) is 54.8 Å². The number of hydrogen-bond donors (Lipinski definition) is 1. The zero-order valence-electron chi connectivity index (χ0n) is 11.8. The van der Waals surface area contributed by atoms with Crippen molar-refractivity contribution < 1.29 is 5.11 Å². The Morgan fingerprint density at radius 1 is 1.00 bits per heavy atom. The zero-order valence-corrected chi connectivity index (χ0v) is 11.8. The quantitative estimate of drug-likeness (QED) is 0.838. The summed E-state index contributed by atoms with van der Waals surface area (Å²) in [6.07, 6.45) is 3.15. The van der Waals surface area contributed by atoms with Gasteiger partial charge in [-0.1, -0.05) is 37.3 Å². The molecule has 0 aliphatic carbocycles. The second kappa shape index (κ2) is 6.58. The maximum Gasteiger partial charge on any atom is 0.0833 e. The van der Waals surface area contributed by atoms with Crippen LogP contribution in [0.15, 0.2) is 42.5 Å². The highest BCUT2D eigenvalue weighted by molar-refractivity contribution is 5.20. The molecule has 1 atom stereocenters. The van der Waals surface area contributed by atoms with Gasteiger partial charge in [0.05, 0.1) is 6.61 Å². The largest absolute Gasteiger partial charge is 0.390 e. The molecule has 0 spiro atoms. The third-order valence-corrected chi connectivity index (χ3v) is 3.79. The van der Waals surface area contributed by atoms with E-state index in [1.165, 1.54) is 11.3 Å². The monoisotopic (exact) mass is 257 g/mol. The number of aromatic nitrogens is 1. The molecule has 0 bridgehead atoms. The van der Waals surface area contributed by atoms with E-state index in [9.17, 15) is 5.11 Å². The highest BCUT2D eigenvalue weighted by Gasteiger charge is 2.12. The van der Waals surface area contributed by atoms with Gasteiger partial charge in [-0.25, -0.2) is 0 Å². The van der Waals surface area contributed by atoms with Crippen molar-refractivity contribution in [3.8, 4) is 0 Å². The minimum atomic E-state index is 0.121. The second-order valence-electron chi connectivity index (χ2n) is 5.09. The van der Waals surface area contributed by atoms with E-state index in [4.69, 9.17) is 0 Å². The predicted octanol–water partition coefficient (Wildman–Crippen LogP) is 3.74. The van der Waals surface area contributed by atoms with Crippen molar-refractivity contribution in [2.45, 2.75) is 45.8 Å². The van der Waals surface area contributed by atoms with Gasteiger partial charge in [-0.2, -0.15) is 0 Å². The molecule has 0 saturated carbocycles. The Hall–Kier alpha value is -1.54. The summed E-state index contributed by atoms with van der Waals surface area (Å²) < 4.78 is 2.29. The summed E-state index contributed by atoms with van der Waals surface area (Å²) in [4.78, 5) is 0. The van der Waals surface area contributed by atoms with Gasteiger partial charge >= 0.3 is 0 Å². The lowest BCUT2D eigenvalue weighted by atomic mass is 10.1. The van der Waals surface area contributed by atoms with E-state index in [-0.39, 0.29) is 6.61 Å². The fourth-order valence-corrected chi connectivity index (χ4v) is 2.54. The minimum Gasteiger partial charge on any atom is -0.390 e. The Bertz CT molecular complexity index is 501. The molecule has 1 unspecified atom stereocenters. The third-order valence-electron chi connectivity index (χ3n) is 3.79. The van der Waals surface area contributed by atoms with E-state index >= 15 is 0 Å². The Kier molecular flexibility index (Phi) is 4.80. The van der Waals surface area contributed by atoms with Gasteiger partial charge in [0.15, 0.2) is 0 Å². The molecule has 1 heterocycles. The smallest absolute Gasteiger partial charge is 0.0833 e. The second-order valence-corrected chi connectivity index (χ2v) is 5.09. The number of nitrogens with zero attached hydrogens (tertiary/aromatic N) is 1. The van der Waals surface area contributed by atoms with Crippen LogP contribution in [0.5, 0.6) is 0 Å². The Balaban J connectivity index is 2.14. The molecule has 1 aromatic carbocycles. The van der Waals surface area contributed by atoms with Gasteiger partial charge in [0.1, 0.15) is 0 Å². The fourth-order valence-electron chi connectivity index (χ4n) is 2.54. The van der Waals surface area contributed by atoms with Crippen LogP contribution in [0.4, 0.5) is 0 Å².